The van der Waals surface area contributed by atoms with Crippen molar-refractivity contribution in [3.05, 3.63) is 48.8 Å². The lowest BCUT2D eigenvalue weighted by atomic mass is 10.0. The first-order chi connectivity index (χ1) is 10.2. The molecule has 0 unspecified atom stereocenters. The molecule has 0 spiro atoms. The third-order valence-corrected chi connectivity index (χ3v) is 4.17. The van der Waals surface area contributed by atoms with Gasteiger partial charge >= 0.3 is 0 Å². The normalized spacial score (nSPS) is 10.8. The summed E-state index contributed by atoms with van der Waals surface area (Å²) in [6.45, 7) is 0. The maximum atomic E-state index is 6.20. The van der Waals surface area contributed by atoms with Crippen LogP contribution in [0.25, 0.3) is 22.4 Å². The van der Waals surface area contributed by atoms with Crippen molar-refractivity contribution in [2.45, 2.75) is 4.90 Å². The van der Waals surface area contributed by atoms with Gasteiger partial charge in [0.25, 0.3) is 0 Å². The Balaban J connectivity index is 2.16. The molecule has 0 bridgehead atoms. The average Bonchev–Trinajstić information content (AvgIpc) is 2.84. The summed E-state index contributed by atoms with van der Waals surface area (Å²) in [4.78, 5) is 5.29. The molecule has 1 aromatic carbocycles. The van der Waals surface area contributed by atoms with Gasteiger partial charge in [-0.1, -0.05) is 12.1 Å². The van der Waals surface area contributed by atoms with Crippen LogP contribution in [0.5, 0.6) is 0 Å². The highest BCUT2D eigenvalue weighted by atomic mass is 32.2. The molecule has 21 heavy (non-hydrogen) atoms. The van der Waals surface area contributed by atoms with E-state index in [2.05, 4.69) is 40.6 Å². The Bertz CT molecular complexity index is 748. The van der Waals surface area contributed by atoms with Gasteiger partial charge in [-0.2, -0.15) is 5.10 Å². The molecule has 0 fully saturated rings. The Labute approximate surface area is 128 Å². The minimum atomic E-state index is 0.658. The van der Waals surface area contributed by atoms with E-state index in [1.807, 2.05) is 19.2 Å². The maximum absolute atomic E-state index is 6.20. The molecule has 5 heteroatoms. The van der Waals surface area contributed by atoms with Crippen LogP contribution in [0.2, 0.25) is 0 Å². The van der Waals surface area contributed by atoms with Crippen LogP contribution in [0, 0.1) is 0 Å². The van der Waals surface area contributed by atoms with E-state index in [4.69, 9.17) is 5.73 Å². The molecule has 0 saturated heterocycles. The number of nitrogens with two attached hydrogens (primary N) is 1. The number of aryl methyl sites for hydroxylation is 1. The second-order valence-electron chi connectivity index (χ2n) is 4.70. The largest absolute Gasteiger partial charge is 0.383 e. The SMILES string of the molecule is CSc1ccc(-c2nn(C)c(N)c2-c2ccncc2)cc1. The maximum Gasteiger partial charge on any atom is 0.129 e. The fourth-order valence-corrected chi connectivity index (χ4v) is 2.70. The Kier molecular flexibility index (Phi) is 3.66. The van der Waals surface area contributed by atoms with Gasteiger partial charge in [0, 0.05) is 29.9 Å². The summed E-state index contributed by atoms with van der Waals surface area (Å²) in [5.41, 5.74) is 10.1. The minimum Gasteiger partial charge on any atom is -0.383 e. The molecule has 106 valence electrons. The third-order valence-electron chi connectivity index (χ3n) is 3.42. The smallest absolute Gasteiger partial charge is 0.129 e. The van der Waals surface area contributed by atoms with Gasteiger partial charge in [-0.25, -0.2) is 0 Å². The van der Waals surface area contributed by atoms with Crippen LogP contribution in [0.15, 0.2) is 53.7 Å². The molecule has 2 N–H and O–H groups in total. The van der Waals surface area contributed by atoms with Crippen LogP contribution in [0.1, 0.15) is 0 Å². The summed E-state index contributed by atoms with van der Waals surface area (Å²) < 4.78 is 1.72. The molecule has 0 aliphatic rings. The van der Waals surface area contributed by atoms with Crippen molar-refractivity contribution in [2.24, 2.45) is 7.05 Å². The van der Waals surface area contributed by atoms with E-state index in [1.165, 1.54) is 4.90 Å². The van der Waals surface area contributed by atoms with Crippen molar-refractivity contribution in [1.82, 2.24) is 14.8 Å². The van der Waals surface area contributed by atoms with Crippen molar-refractivity contribution in [3.8, 4) is 22.4 Å². The van der Waals surface area contributed by atoms with Crippen LogP contribution < -0.4 is 5.73 Å². The molecule has 2 heterocycles. The number of benzene rings is 1. The van der Waals surface area contributed by atoms with E-state index in [1.54, 1.807) is 28.8 Å². The van der Waals surface area contributed by atoms with Gasteiger partial charge in [-0.05, 0) is 36.1 Å². The molecule has 0 atom stereocenters. The highest BCUT2D eigenvalue weighted by Gasteiger charge is 2.17. The van der Waals surface area contributed by atoms with E-state index in [-0.39, 0.29) is 0 Å². The lowest BCUT2D eigenvalue weighted by molar-refractivity contribution is 0.782. The van der Waals surface area contributed by atoms with Crippen LogP contribution >= 0.6 is 11.8 Å². The number of hydrogen-bond donors (Lipinski definition) is 1. The first kappa shape index (κ1) is 13.7. The van der Waals surface area contributed by atoms with Crippen LogP contribution in [-0.2, 0) is 7.05 Å². The molecule has 0 aliphatic carbocycles. The summed E-state index contributed by atoms with van der Waals surface area (Å²) in [5, 5.41) is 4.58. The zero-order valence-corrected chi connectivity index (χ0v) is 12.8. The molecule has 3 rings (SSSR count). The zero-order valence-electron chi connectivity index (χ0n) is 11.9. The number of anilines is 1. The molecule has 0 saturated carbocycles. The molecule has 4 nitrogen and oxygen atoms in total. The van der Waals surface area contributed by atoms with Crippen LogP contribution in [-0.4, -0.2) is 21.0 Å². The second kappa shape index (κ2) is 5.61. The van der Waals surface area contributed by atoms with Gasteiger partial charge in [0.15, 0.2) is 0 Å². The predicted molar refractivity (Wildman–Crippen MR) is 88.1 cm³/mol. The van der Waals surface area contributed by atoms with E-state index in [0.717, 1.165) is 22.4 Å². The lowest BCUT2D eigenvalue weighted by Crippen LogP contribution is -1.97. The van der Waals surface area contributed by atoms with Gasteiger partial charge in [0.05, 0.1) is 5.56 Å². The first-order valence-electron chi connectivity index (χ1n) is 6.58. The number of nitrogen functional groups attached to an aromatic ring is 1. The molecule has 0 radical (unpaired) electrons. The van der Waals surface area contributed by atoms with Crippen molar-refractivity contribution >= 4 is 17.6 Å². The standard InChI is InChI=1S/C16H16N4S/c1-20-16(17)14(11-7-9-18-10-8-11)15(19-20)12-3-5-13(21-2)6-4-12/h3-10H,17H2,1-2H3. The van der Waals surface area contributed by atoms with Crippen LogP contribution in [0.4, 0.5) is 5.82 Å². The number of rotatable bonds is 3. The second-order valence-corrected chi connectivity index (χ2v) is 5.58. The van der Waals surface area contributed by atoms with Crippen molar-refractivity contribution in [3.63, 3.8) is 0 Å². The third kappa shape index (κ3) is 2.52. The number of nitrogens with zero attached hydrogens (tertiary/aromatic N) is 3. The van der Waals surface area contributed by atoms with E-state index in [0.29, 0.717) is 5.82 Å². The summed E-state index contributed by atoms with van der Waals surface area (Å²) in [6, 6.07) is 12.3. The lowest BCUT2D eigenvalue weighted by Gasteiger charge is -2.05. The fourth-order valence-electron chi connectivity index (χ4n) is 2.29. The number of pyridine rings is 1. The molecule has 0 aliphatic heterocycles. The summed E-state index contributed by atoms with van der Waals surface area (Å²) in [7, 11) is 1.86. The number of hydrogen-bond acceptors (Lipinski definition) is 4. The molecule has 3 aromatic rings. The highest BCUT2D eigenvalue weighted by molar-refractivity contribution is 7.98. The van der Waals surface area contributed by atoms with Crippen molar-refractivity contribution in [2.75, 3.05) is 12.0 Å². The van der Waals surface area contributed by atoms with Crippen molar-refractivity contribution < 1.29 is 0 Å². The Morgan fingerprint density at radius 3 is 2.29 bits per heavy atom. The Hall–Kier alpha value is -2.27. The zero-order chi connectivity index (χ0) is 14.8. The summed E-state index contributed by atoms with van der Waals surface area (Å²) >= 11 is 1.72. The molecular formula is C16H16N4S. The number of thioether (sulfide) groups is 1. The first-order valence-corrected chi connectivity index (χ1v) is 7.80. The van der Waals surface area contributed by atoms with E-state index < -0.39 is 0 Å². The molecule has 2 aromatic heterocycles. The van der Waals surface area contributed by atoms with Gasteiger partial charge in [0.1, 0.15) is 11.5 Å². The Morgan fingerprint density at radius 2 is 1.67 bits per heavy atom. The highest BCUT2D eigenvalue weighted by Crippen LogP contribution is 2.35. The number of aromatic nitrogens is 3. The van der Waals surface area contributed by atoms with E-state index >= 15 is 0 Å². The minimum absolute atomic E-state index is 0.658. The van der Waals surface area contributed by atoms with Gasteiger partial charge in [-0.15, -0.1) is 11.8 Å². The van der Waals surface area contributed by atoms with Gasteiger partial charge < -0.3 is 5.73 Å². The fraction of sp³-hybridized carbons (Fsp3) is 0.125. The quantitative estimate of drug-likeness (QED) is 0.752. The predicted octanol–water partition coefficient (Wildman–Crippen LogP) is 3.45. The molecule has 0 amide bonds. The topological polar surface area (TPSA) is 56.7 Å². The van der Waals surface area contributed by atoms with Crippen LogP contribution in [0.3, 0.4) is 0 Å². The molecular weight excluding hydrogens is 280 g/mol. The monoisotopic (exact) mass is 296 g/mol. The summed E-state index contributed by atoms with van der Waals surface area (Å²) in [6.07, 6.45) is 5.60. The van der Waals surface area contributed by atoms with Crippen molar-refractivity contribution in [1.29, 1.82) is 0 Å². The Morgan fingerprint density at radius 1 is 1.00 bits per heavy atom. The van der Waals surface area contributed by atoms with Gasteiger partial charge in [-0.3, -0.25) is 9.67 Å². The van der Waals surface area contributed by atoms with E-state index in [9.17, 15) is 0 Å². The summed E-state index contributed by atoms with van der Waals surface area (Å²) in [5.74, 6) is 0.658. The average molecular weight is 296 g/mol. The van der Waals surface area contributed by atoms with Gasteiger partial charge in [0.2, 0.25) is 0 Å².